The summed E-state index contributed by atoms with van der Waals surface area (Å²) in [4.78, 5) is 2.49. The molecule has 3 rings (SSSR count). The second-order valence-electron chi connectivity index (χ2n) is 7.36. The molecule has 1 aromatic rings. The van der Waals surface area contributed by atoms with Gasteiger partial charge in [-0.3, -0.25) is 4.90 Å². The molecule has 2 aliphatic carbocycles. The van der Waals surface area contributed by atoms with Crippen LogP contribution in [0.3, 0.4) is 0 Å². The Balaban J connectivity index is 1.77. The highest BCUT2D eigenvalue weighted by Gasteiger charge is 2.37. The number of hydrogen-bond donors (Lipinski definition) is 1. The summed E-state index contributed by atoms with van der Waals surface area (Å²) in [5.41, 5.74) is 2.49. The van der Waals surface area contributed by atoms with E-state index in [4.69, 9.17) is 0 Å². The van der Waals surface area contributed by atoms with Crippen LogP contribution in [0.4, 0.5) is 0 Å². The molecule has 0 heterocycles. The molecule has 1 fully saturated rings. The summed E-state index contributed by atoms with van der Waals surface area (Å²) in [5.74, 6) is 1.42. The van der Waals surface area contributed by atoms with Crippen LogP contribution in [0.25, 0.3) is 0 Å². The highest BCUT2D eigenvalue weighted by atomic mass is 16.3. The van der Waals surface area contributed by atoms with E-state index in [9.17, 15) is 5.11 Å². The molecule has 1 aromatic carbocycles. The fourth-order valence-electron chi connectivity index (χ4n) is 4.36. The molecule has 3 atom stereocenters. The summed E-state index contributed by atoms with van der Waals surface area (Å²) >= 11 is 0. The van der Waals surface area contributed by atoms with Gasteiger partial charge in [0.15, 0.2) is 0 Å². The van der Waals surface area contributed by atoms with Gasteiger partial charge in [-0.2, -0.15) is 0 Å². The first kappa shape index (κ1) is 15.1. The number of aliphatic hydroxyl groups excluding tert-OH is 1. The number of fused-ring (bicyclic) bond motifs is 1. The average Bonchev–Trinajstić information content (AvgIpc) is 2.51. The minimum Gasteiger partial charge on any atom is -0.387 e. The molecule has 0 saturated heterocycles. The lowest BCUT2D eigenvalue weighted by molar-refractivity contribution is 0.0113. The molecule has 2 heteroatoms. The Morgan fingerprint density at radius 2 is 1.62 bits per heavy atom. The van der Waals surface area contributed by atoms with Gasteiger partial charge in [-0.05, 0) is 62.1 Å². The molecular weight excluding hydrogens is 258 g/mol. The van der Waals surface area contributed by atoms with Crippen LogP contribution in [-0.4, -0.2) is 29.1 Å². The van der Waals surface area contributed by atoms with Crippen LogP contribution in [-0.2, 0) is 0 Å². The zero-order valence-corrected chi connectivity index (χ0v) is 13.6. The second kappa shape index (κ2) is 6.10. The third-order valence-corrected chi connectivity index (χ3v) is 5.89. The largest absolute Gasteiger partial charge is 0.387 e. The van der Waals surface area contributed by atoms with Gasteiger partial charge in [0.05, 0.1) is 6.10 Å². The van der Waals surface area contributed by atoms with E-state index >= 15 is 0 Å². The first-order chi connectivity index (χ1) is 10.1. The van der Waals surface area contributed by atoms with Crippen molar-refractivity contribution in [2.75, 3.05) is 7.05 Å². The molecule has 0 aliphatic heterocycles. The molecule has 0 aromatic heterocycles. The van der Waals surface area contributed by atoms with Gasteiger partial charge in [0, 0.05) is 12.1 Å². The van der Waals surface area contributed by atoms with Crippen molar-refractivity contribution < 1.29 is 5.11 Å². The van der Waals surface area contributed by atoms with Crippen LogP contribution in [0, 0.1) is 5.92 Å². The van der Waals surface area contributed by atoms with E-state index in [1.54, 1.807) is 0 Å². The van der Waals surface area contributed by atoms with Crippen LogP contribution in [0.1, 0.15) is 69.1 Å². The lowest BCUT2D eigenvalue weighted by atomic mass is 9.77. The maximum atomic E-state index is 10.9. The van der Waals surface area contributed by atoms with Crippen LogP contribution in [0.15, 0.2) is 24.3 Å². The molecule has 21 heavy (non-hydrogen) atoms. The standard InChI is InChI=1S/C19H29NO/c1-13-8-10-15(11-9-13)20(3)18-12-14(2)16-6-4-5-7-17(16)19(18)21/h4-7,13-15,18-19,21H,8-12H2,1-3H3. The zero-order chi connectivity index (χ0) is 15.0. The predicted molar refractivity (Wildman–Crippen MR) is 87.4 cm³/mol. The van der Waals surface area contributed by atoms with E-state index in [0.717, 1.165) is 17.9 Å². The van der Waals surface area contributed by atoms with Crippen molar-refractivity contribution >= 4 is 0 Å². The third-order valence-electron chi connectivity index (χ3n) is 5.89. The summed E-state index contributed by atoms with van der Waals surface area (Å²) in [5, 5.41) is 10.9. The van der Waals surface area contributed by atoms with Crippen LogP contribution in [0.2, 0.25) is 0 Å². The Labute approximate surface area is 129 Å². The fraction of sp³-hybridized carbons (Fsp3) is 0.684. The average molecular weight is 287 g/mol. The smallest absolute Gasteiger partial charge is 0.0948 e. The van der Waals surface area contributed by atoms with E-state index in [1.165, 1.54) is 31.2 Å². The highest BCUT2D eigenvalue weighted by molar-refractivity contribution is 5.35. The molecule has 0 radical (unpaired) electrons. The van der Waals surface area contributed by atoms with Crippen LogP contribution < -0.4 is 0 Å². The van der Waals surface area contributed by atoms with Gasteiger partial charge in [0.2, 0.25) is 0 Å². The first-order valence-corrected chi connectivity index (χ1v) is 8.56. The van der Waals surface area contributed by atoms with Crippen molar-refractivity contribution in [3.8, 4) is 0 Å². The Kier molecular flexibility index (Phi) is 4.37. The molecule has 1 saturated carbocycles. The Morgan fingerprint density at radius 1 is 1.00 bits per heavy atom. The molecule has 0 amide bonds. The zero-order valence-electron chi connectivity index (χ0n) is 13.6. The fourth-order valence-corrected chi connectivity index (χ4v) is 4.36. The van der Waals surface area contributed by atoms with Gasteiger partial charge in [-0.1, -0.05) is 38.1 Å². The number of nitrogens with zero attached hydrogens (tertiary/aromatic N) is 1. The predicted octanol–water partition coefficient (Wildman–Crippen LogP) is 4.11. The summed E-state index contributed by atoms with van der Waals surface area (Å²) in [6.45, 7) is 4.67. The van der Waals surface area contributed by atoms with Gasteiger partial charge in [0.1, 0.15) is 0 Å². The van der Waals surface area contributed by atoms with Crippen molar-refractivity contribution in [2.45, 2.75) is 70.1 Å². The molecule has 1 N–H and O–H groups in total. The Bertz CT molecular complexity index is 478. The van der Waals surface area contributed by atoms with E-state index in [-0.39, 0.29) is 12.1 Å². The van der Waals surface area contributed by atoms with E-state index in [2.05, 4.69) is 50.1 Å². The van der Waals surface area contributed by atoms with E-state index in [0.29, 0.717) is 12.0 Å². The number of likely N-dealkylation sites (N-methyl/N-ethyl adjacent to an activating group) is 1. The van der Waals surface area contributed by atoms with E-state index < -0.39 is 0 Å². The van der Waals surface area contributed by atoms with Gasteiger partial charge >= 0.3 is 0 Å². The summed E-state index contributed by atoms with van der Waals surface area (Å²) in [7, 11) is 2.23. The molecular formula is C19H29NO. The lowest BCUT2D eigenvalue weighted by Crippen LogP contribution is -2.47. The van der Waals surface area contributed by atoms with Crippen molar-refractivity contribution in [3.05, 3.63) is 35.4 Å². The van der Waals surface area contributed by atoms with Gasteiger partial charge in [-0.25, -0.2) is 0 Å². The summed E-state index contributed by atoms with van der Waals surface area (Å²) < 4.78 is 0. The van der Waals surface area contributed by atoms with Crippen molar-refractivity contribution in [3.63, 3.8) is 0 Å². The van der Waals surface area contributed by atoms with Gasteiger partial charge < -0.3 is 5.11 Å². The number of benzene rings is 1. The van der Waals surface area contributed by atoms with Crippen LogP contribution >= 0.6 is 0 Å². The molecule has 0 bridgehead atoms. The highest BCUT2D eigenvalue weighted by Crippen LogP contribution is 2.41. The first-order valence-electron chi connectivity index (χ1n) is 8.56. The minimum absolute atomic E-state index is 0.272. The maximum Gasteiger partial charge on any atom is 0.0948 e. The lowest BCUT2D eigenvalue weighted by Gasteiger charge is -2.44. The van der Waals surface area contributed by atoms with Gasteiger partial charge in [-0.15, -0.1) is 0 Å². The topological polar surface area (TPSA) is 23.5 Å². The second-order valence-corrected chi connectivity index (χ2v) is 7.36. The number of aliphatic hydroxyl groups is 1. The van der Waals surface area contributed by atoms with E-state index in [1.807, 2.05) is 0 Å². The quantitative estimate of drug-likeness (QED) is 0.885. The van der Waals surface area contributed by atoms with Crippen molar-refractivity contribution in [1.29, 1.82) is 0 Å². The SMILES string of the molecule is CC1CCC(N(C)C2CC(C)c3ccccc3C2O)CC1. The molecule has 2 nitrogen and oxygen atoms in total. The molecule has 2 aliphatic rings. The normalized spacial score (nSPS) is 36.5. The monoisotopic (exact) mass is 287 g/mol. The minimum atomic E-state index is -0.332. The molecule has 3 unspecified atom stereocenters. The maximum absolute atomic E-state index is 10.9. The van der Waals surface area contributed by atoms with Crippen molar-refractivity contribution in [1.82, 2.24) is 4.90 Å². The van der Waals surface area contributed by atoms with Crippen LogP contribution in [0.5, 0.6) is 0 Å². The molecule has 116 valence electrons. The van der Waals surface area contributed by atoms with Crippen molar-refractivity contribution in [2.24, 2.45) is 5.92 Å². The number of rotatable bonds is 2. The van der Waals surface area contributed by atoms with Gasteiger partial charge in [0.25, 0.3) is 0 Å². The summed E-state index contributed by atoms with van der Waals surface area (Å²) in [6.07, 6.45) is 5.99. The Morgan fingerprint density at radius 3 is 2.29 bits per heavy atom. The third kappa shape index (κ3) is 2.89. The Hall–Kier alpha value is -0.860. The molecule has 0 spiro atoms. The number of hydrogen-bond acceptors (Lipinski definition) is 2. The summed E-state index contributed by atoms with van der Waals surface area (Å²) in [6, 6.07) is 9.36.